The van der Waals surface area contributed by atoms with Crippen LogP contribution in [-0.2, 0) is 6.54 Å². The number of rotatable bonds is 7. The number of pyridine rings is 2. The molecule has 1 aliphatic heterocycles. The van der Waals surface area contributed by atoms with Gasteiger partial charge in [-0.15, -0.1) is 0 Å². The van der Waals surface area contributed by atoms with Crippen molar-refractivity contribution in [1.29, 1.82) is 0 Å². The fourth-order valence-corrected chi connectivity index (χ4v) is 6.32. The number of piperidine rings is 1. The average molecular weight is 506 g/mol. The summed E-state index contributed by atoms with van der Waals surface area (Å²) < 4.78 is 0. The van der Waals surface area contributed by atoms with Gasteiger partial charge >= 0.3 is 0 Å². The molecule has 1 aliphatic carbocycles. The second-order valence-electron chi connectivity index (χ2n) is 11.0. The molecule has 5 aromatic rings. The van der Waals surface area contributed by atoms with Crippen molar-refractivity contribution in [1.82, 2.24) is 30.5 Å². The number of anilines is 1. The average Bonchev–Trinajstić information content (AvgIpc) is 3.73. The Hall–Kier alpha value is -3.71. The zero-order valence-electron chi connectivity index (χ0n) is 21.8. The fourth-order valence-electron chi connectivity index (χ4n) is 6.32. The number of hydrogen-bond acceptors (Lipinski definition) is 5. The van der Waals surface area contributed by atoms with E-state index >= 15 is 0 Å². The summed E-state index contributed by atoms with van der Waals surface area (Å²) in [6, 6.07) is 13.2. The van der Waals surface area contributed by atoms with E-state index in [2.05, 4.69) is 71.8 Å². The van der Waals surface area contributed by atoms with E-state index in [0.29, 0.717) is 0 Å². The summed E-state index contributed by atoms with van der Waals surface area (Å²) in [5.41, 5.74) is 8.53. The maximum atomic E-state index is 4.68. The smallest absolute Gasteiger partial charge is 0.181 e. The van der Waals surface area contributed by atoms with Crippen molar-refractivity contribution in [3.8, 4) is 22.5 Å². The molecule has 2 fully saturated rings. The lowest BCUT2D eigenvalue weighted by molar-refractivity contribution is 0.489. The molecule has 1 saturated carbocycles. The molecule has 0 bridgehead atoms. The van der Waals surface area contributed by atoms with Gasteiger partial charge in [-0.3, -0.25) is 10.1 Å². The van der Waals surface area contributed by atoms with Crippen molar-refractivity contribution in [2.24, 2.45) is 5.92 Å². The van der Waals surface area contributed by atoms with Gasteiger partial charge < -0.3 is 15.2 Å². The first-order chi connectivity index (χ1) is 18.8. The van der Waals surface area contributed by atoms with Crippen LogP contribution in [0, 0.1) is 5.92 Å². The SMILES string of the molecule is c1cc(N2CCCCC2)c2cc(-c3[nH]nc4ncc(-c5cncc(CNCC6CCCC6)c5)cc34)[nH]c2c1. The third kappa shape index (κ3) is 4.56. The Bertz CT molecular complexity index is 1550. The Labute approximate surface area is 223 Å². The highest BCUT2D eigenvalue weighted by molar-refractivity contribution is 6.00. The largest absolute Gasteiger partial charge is 0.371 e. The Morgan fingerprint density at radius 3 is 2.66 bits per heavy atom. The maximum absolute atomic E-state index is 4.68. The van der Waals surface area contributed by atoms with E-state index in [-0.39, 0.29) is 0 Å². The second kappa shape index (κ2) is 10.2. The van der Waals surface area contributed by atoms with Crippen molar-refractivity contribution >= 4 is 27.6 Å². The molecule has 7 nitrogen and oxygen atoms in total. The fraction of sp³-hybridized carbons (Fsp3) is 0.387. The monoisotopic (exact) mass is 505 g/mol. The first kappa shape index (κ1) is 23.4. The minimum Gasteiger partial charge on any atom is -0.371 e. The second-order valence-corrected chi connectivity index (χ2v) is 11.0. The van der Waals surface area contributed by atoms with E-state index in [1.54, 1.807) is 0 Å². The molecule has 3 N–H and O–H groups in total. The molecular formula is C31H35N7. The number of nitrogens with zero attached hydrogens (tertiary/aromatic N) is 4. The van der Waals surface area contributed by atoms with Crippen LogP contribution < -0.4 is 10.2 Å². The molecule has 0 spiro atoms. The van der Waals surface area contributed by atoms with Gasteiger partial charge in [0.05, 0.1) is 11.4 Å². The first-order valence-electron chi connectivity index (χ1n) is 14.2. The van der Waals surface area contributed by atoms with Crippen LogP contribution in [0.4, 0.5) is 5.69 Å². The molecule has 38 heavy (non-hydrogen) atoms. The third-order valence-electron chi connectivity index (χ3n) is 8.38. The molecule has 7 heteroatoms. The van der Waals surface area contributed by atoms with Crippen LogP contribution in [0.3, 0.4) is 0 Å². The number of nitrogens with one attached hydrogen (secondary N) is 3. The number of hydrogen-bond donors (Lipinski definition) is 3. The van der Waals surface area contributed by atoms with Crippen LogP contribution >= 0.6 is 0 Å². The van der Waals surface area contributed by atoms with E-state index in [1.165, 1.54) is 61.6 Å². The predicted octanol–water partition coefficient (Wildman–Crippen LogP) is 6.44. The number of aromatic nitrogens is 5. The molecular weight excluding hydrogens is 470 g/mol. The molecule has 0 amide bonds. The van der Waals surface area contributed by atoms with Crippen molar-refractivity contribution in [3.05, 3.63) is 60.6 Å². The highest BCUT2D eigenvalue weighted by Gasteiger charge is 2.18. The molecule has 0 unspecified atom stereocenters. The molecule has 1 saturated heterocycles. The molecule has 194 valence electrons. The minimum atomic E-state index is 0.723. The van der Waals surface area contributed by atoms with Crippen molar-refractivity contribution in [2.45, 2.75) is 51.5 Å². The molecule has 2 aliphatic rings. The molecule has 0 atom stereocenters. The van der Waals surface area contributed by atoms with Crippen LogP contribution in [-0.4, -0.2) is 44.8 Å². The first-order valence-corrected chi connectivity index (χ1v) is 14.2. The van der Waals surface area contributed by atoms with E-state index in [0.717, 1.165) is 71.2 Å². The van der Waals surface area contributed by atoms with Crippen LogP contribution in [0.5, 0.6) is 0 Å². The molecule has 7 rings (SSSR count). The van der Waals surface area contributed by atoms with Gasteiger partial charge in [-0.1, -0.05) is 18.9 Å². The molecule has 4 aromatic heterocycles. The standard InChI is InChI=1S/C31H35N7/c1-4-11-38(12-5-1)29-10-6-9-27-25(29)15-28(35-27)30-26-14-24(20-34-31(26)37-36-30)23-13-22(18-33-19-23)17-32-16-21-7-2-3-8-21/h6,9-10,13-15,18-21,32,35H,1-5,7-8,11-12,16-17H2,(H,34,36,37). The van der Waals surface area contributed by atoms with Gasteiger partial charge in [0.25, 0.3) is 0 Å². The Morgan fingerprint density at radius 1 is 0.895 bits per heavy atom. The summed E-state index contributed by atoms with van der Waals surface area (Å²) in [6.07, 6.45) is 15.1. The van der Waals surface area contributed by atoms with Crippen LogP contribution in [0.1, 0.15) is 50.5 Å². The van der Waals surface area contributed by atoms with Crippen LogP contribution in [0.2, 0.25) is 0 Å². The summed E-state index contributed by atoms with van der Waals surface area (Å²) in [5.74, 6) is 0.831. The van der Waals surface area contributed by atoms with E-state index in [1.807, 2.05) is 18.6 Å². The minimum absolute atomic E-state index is 0.723. The molecule has 1 aromatic carbocycles. The zero-order chi connectivity index (χ0) is 25.3. The lowest BCUT2D eigenvalue weighted by atomic mass is 10.1. The highest BCUT2D eigenvalue weighted by Crippen LogP contribution is 2.35. The van der Waals surface area contributed by atoms with Gasteiger partial charge in [0, 0.05) is 71.3 Å². The predicted molar refractivity (Wildman–Crippen MR) is 154 cm³/mol. The van der Waals surface area contributed by atoms with Gasteiger partial charge in [0.15, 0.2) is 5.65 Å². The van der Waals surface area contributed by atoms with Gasteiger partial charge in [0.2, 0.25) is 0 Å². The highest BCUT2D eigenvalue weighted by atomic mass is 15.2. The lowest BCUT2D eigenvalue weighted by Gasteiger charge is -2.29. The van der Waals surface area contributed by atoms with Gasteiger partial charge in [-0.2, -0.15) is 5.10 Å². The normalized spacial score (nSPS) is 16.7. The lowest BCUT2D eigenvalue weighted by Crippen LogP contribution is -2.29. The summed E-state index contributed by atoms with van der Waals surface area (Å²) >= 11 is 0. The quantitative estimate of drug-likeness (QED) is 0.237. The Kier molecular flexibility index (Phi) is 6.29. The molecule has 0 radical (unpaired) electrons. The topological polar surface area (TPSA) is 85.5 Å². The third-order valence-corrected chi connectivity index (χ3v) is 8.38. The van der Waals surface area contributed by atoms with Gasteiger partial charge in [-0.05, 0) is 80.5 Å². The van der Waals surface area contributed by atoms with Crippen molar-refractivity contribution < 1.29 is 0 Å². The van der Waals surface area contributed by atoms with Crippen molar-refractivity contribution in [2.75, 3.05) is 24.5 Å². The van der Waals surface area contributed by atoms with E-state index in [4.69, 9.17) is 0 Å². The van der Waals surface area contributed by atoms with E-state index in [9.17, 15) is 0 Å². The Balaban J connectivity index is 1.18. The number of H-pyrrole nitrogens is 2. The van der Waals surface area contributed by atoms with Crippen LogP contribution in [0.15, 0.2) is 55.0 Å². The van der Waals surface area contributed by atoms with Crippen LogP contribution in [0.25, 0.3) is 44.5 Å². The summed E-state index contributed by atoms with van der Waals surface area (Å²) in [5, 5.41) is 13.7. The van der Waals surface area contributed by atoms with Gasteiger partial charge in [-0.25, -0.2) is 4.98 Å². The van der Waals surface area contributed by atoms with Gasteiger partial charge in [0.1, 0.15) is 0 Å². The summed E-state index contributed by atoms with van der Waals surface area (Å²) in [4.78, 5) is 15.4. The summed E-state index contributed by atoms with van der Waals surface area (Å²) in [7, 11) is 0. The Morgan fingerprint density at radius 2 is 1.76 bits per heavy atom. The van der Waals surface area contributed by atoms with E-state index < -0.39 is 0 Å². The number of aromatic amines is 2. The number of fused-ring (bicyclic) bond motifs is 2. The summed E-state index contributed by atoms with van der Waals surface area (Å²) in [6.45, 7) is 4.20. The maximum Gasteiger partial charge on any atom is 0.181 e. The molecule has 5 heterocycles. The number of benzene rings is 1. The van der Waals surface area contributed by atoms with Crippen molar-refractivity contribution in [3.63, 3.8) is 0 Å². The zero-order valence-corrected chi connectivity index (χ0v) is 21.8.